The van der Waals surface area contributed by atoms with Gasteiger partial charge >= 0.3 is 5.97 Å². The molecule has 1 aromatic heterocycles. The summed E-state index contributed by atoms with van der Waals surface area (Å²) in [5.41, 5.74) is 2.97. The first-order valence-corrected chi connectivity index (χ1v) is 5.23. The molecule has 0 amide bonds. The Morgan fingerprint density at radius 2 is 2.35 bits per heavy atom. The molecular weight excluding hydrogens is 218 g/mol. The molecule has 0 saturated heterocycles. The second kappa shape index (κ2) is 4.69. The number of benzene rings is 1. The van der Waals surface area contributed by atoms with Crippen LogP contribution in [-0.2, 0) is 6.54 Å². The number of carboxylic acid groups (broad SMARTS) is 1. The number of hydrogen-bond donors (Lipinski definition) is 3. The monoisotopic (exact) mass is 231 g/mol. The molecular formula is C12H13N3O2. The van der Waals surface area contributed by atoms with Crippen molar-refractivity contribution >= 4 is 11.7 Å². The third-order valence-corrected chi connectivity index (χ3v) is 2.50. The quantitative estimate of drug-likeness (QED) is 0.752. The lowest BCUT2D eigenvalue weighted by atomic mass is 10.2. The van der Waals surface area contributed by atoms with Crippen molar-refractivity contribution in [3.8, 4) is 0 Å². The summed E-state index contributed by atoms with van der Waals surface area (Å²) in [6.45, 7) is 2.51. The number of nitrogens with zero attached hydrogens (tertiary/aromatic N) is 1. The van der Waals surface area contributed by atoms with Gasteiger partial charge in [0.1, 0.15) is 0 Å². The van der Waals surface area contributed by atoms with E-state index in [0.29, 0.717) is 6.54 Å². The van der Waals surface area contributed by atoms with Crippen LogP contribution in [0, 0.1) is 6.92 Å². The minimum absolute atomic E-state index is 0.272. The normalized spacial score (nSPS) is 10.2. The van der Waals surface area contributed by atoms with Crippen molar-refractivity contribution in [3.05, 3.63) is 47.5 Å². The molecule has 3 N–H and O–H groups in total. The highest BCUT2D eigenvalue weighted by atomic mass is 16.4. The van der Waals surface area contributed by atoms with Gasteiger partial charge in [-0.2, -0.15) is 0 Å². The van der Waals surface area contributed by atoms with Gasteiger partial charge in [-0.3, -0.25) is 0 Å². The summed E-state index contributed by atoms with van der Waals surface area (Å²) in [6.07, 6.45) is 1.64. The largest absolute Gasteiger partial charge is 0.478 e. The first-order valence-electron chi connectivity index (χ1n) is 5.23. The summed E-state index contributed by atoms with van der Waals surface area (Å²) in [5, 5.41) is 12.0. The Kier molecular flexibility index (Phi) is 3.09. The molecule has 0 saturated carbocycles. The lowest BCUT2D eigenvalue weighted by Crippen LogP contribution is -2.03. The fraction of sp³-hybridized carbons (Fsp3) is 0.167. The smallest absolute Gasteiger partial charge is 0.335 e. The van der Waals surface area contributed by atoms with E-state index in [1.165, 1.54) is 0 Å². The number of rotatable bonds is 4. The van der Waals surface area contributed by atoms with Crippen LogP contribution < -0.4 is 5.32 Å². The number of aromatic carboxylic acids is 1. The second-order valence-electron chi connectivity index (χ2n) is 3.71. The van der Waals surface area contributed by atoms with Gasteiger partial charge in [0.25, 0.3) is 0 Å². The molecule has 2 rings (SSSR count). The summed E-state index contributed by atoms with van der Waals surface area (Å²) in [6, 6.07) is 6.70. The molecule has 0 spiro atoms. The van der Waals surface area contributed by atoms with E-state index in [4.69, 9.17) is 5.11 Å². The molecule has 0 atom stereocenters. The van der Waals surface area contributed by atoms with Crippen LogP contribution in [0.3, 0.4) is 0 Å². The van der Waals surface area contributed by atoms with Gasteiger partial charge in [-0.25, -0.2) is 9.78 Å². The van der Waals surface area contributed by atoms with Crippen molar-refractivity contribution in [2.45, 2.75) is 13.5 Å². The van der Waals surface area contributed by atoms with E-state index in [2.05, 4.69) is 15.3 Å². The van der Waals surface area contributed by atoms with E-state index in [1.54, 1.807) is 24.5 Å². The van der Waals surface area contributed by atoms with Gasteiger partial charge in [0, 0.05) is 11.4 Å². The zero-order chi connectivity index (χ0) is 12.3. The van der Waals surface area contributed by atoms with E-state index in [0.717, 1.165) is 17.1 Å². The summed E-state index contributed by atoms with van der Waals surface area (Å²) < 4.78 is 0. The van der Waals surface area contributed by atoms with Crippen molar-refractivity contribution < 1.29 is 9.90 Å². The Labute approximate surface area is 98.5 Å². The Balaban J connectivity index is 2.07. The lowest BCUT2D eigenvalue weighted by Gasteiger charge is -2.05. The SMILES string of the molecule is Cc1[nH]cnc1CNc1cccc(C(=O)O)c1. The lowest BCUT2D eigenvalue weighted by molar-refractivity contribution is 0.0697. The molecule has 2 aromatic rings. The maximum absolute atomic E-state index is 10.8. The van der Waals surface area contributed by atoms with Crippen LogP contribution in [0.15, 0.2) is 30.6 Å². The van der Waals surface area contributed by atoms with Crippen LogP contribution in [0.4, 0.5) is 5.69 Å². The molecule has 0 bridgehead atoms. The zero-order valence-electron chi connectivity index (χ0n) is 9.40. The Morgan fingerprint density at radius 3 is 3.00 bits per heavy atom. The van der Waals surface area contributed by atoms with Gasteiger partial charge in [0.05, 0.1) is 24.1 Å². The number of H-pyrrole nitrogens is 1. The third-order valence-electron chi connectivity index (χ3n) is 2.50. The molecule has 0 aliphatic heterocycles. The zero-order valence-corrected chi connectivity index (χ0v) is 9.40. The molecule has 1 aromatic carbocycles. The summed E-state index contributed by atoms with van der Waals surface area (Å²) in [5.74, 6) is -0.926. The number of nitrogens with one attached hydrogen (secondary N) is 2. The number of carboxylic acids is 1. The topological polar surface area (TPSA) is 78.0 Å². The Hall–Kier alpha value is -2.30. The van der Waals surface area contributed by atoms with Crippen molar-refractivity contribution in [2.24, 2.45) is 0 Å². The van der Waals surface area contributed by atoms with Gasteiger partial charge < -0.3 is 15.4 Å². The van der Waals surface area contributed by atoms with E-state index in [9.17, 15) is 4.79 Å². The minimum atomic E-state index is -0.926. The number of anilines is 1. The molecule has 5 nitrogen and oxygen atoms in total. The molecule has 5 heteroatoms. The highest BCUT2D eigenvalue weighted by molar-refractivity contribution is 5.88. The van der Waals surface area contributed by atoms with Gasteiger partial charge in [0.15, 0.2) is 0 Å². The summed E-state index contributed by atoms with van der Waals surface area (Å²) in [4.78, 5) is 17.9. The molecule has 0 fully saturated rings. The van der Waals surface area contributed by atoms with E-state index >= 15 is 0 Å². The average Bonchev–Trinajstić information content (AvgIpc) is 2.72. The van der Waals surface area contributed by atoms with Gasteiger partial charge in [-0.1, -0.05) is 6.07 Å². The van der Waals surface area contributed by atoms with Crippen molar-refractivity contribution in [3.63, 3.8) is 0 Å². The molecule has 0 aliphatic rings. The summed E-state index contributed by atoms with van der Waals surface area (Å²) >= 11 is 0. The number of aromatic amines is 1. The fourth-order valence-electron chi connectivity index (χ4n) is 1.51. The number of imidazole rings is 1. The standard InChI is InChI=1S/C12H13N3O2/c1-8-11(15-7-14-8)6-13-10-4-2-3-9(5-10)12(16)17/h2-5,7,13H,6H2,1H3,(H,14,15)(H,16,17). The van der Waals surface area contributed by atoms with Crippen LogP contribution >= 0.6 is 0 Å². The van der Waals surface area contributed by atoms with Gasteiger partial charge in [-0.15, -0.1) is 0 Å². The van der Waals surface area contributed by atoms with E-state index in [1.807, 2.05) is 13.0 Å². The molecule has 88 valence electrons. The highest BCUT2D eigenvalue weighted by Gasteiger charge is 2.04. The van der Waals surface area contributed by atoms with Crippen LogP contribution in [0.2, 0.25) is 0 Å². The Morgan fingerprint density at radius 1 is 1.53 bits per heavy atom. The first kappa shape index (κ1) is 11.2. The van der Waals surface area contributed by atoms with Crippen molar-refractivity contribution in [1.82, 2.24) is 9.97 Å². The third kappa shape index (κ3) is 2.63. The maximum Gasteiger partial charge on any atom is 0.335 e. The highest BCUT2D eigenvalue weighted by Crippen LogP contribution is 2.12. The predicted molar refractivity (Wildman–Crippen MR) is 64.1 cm³/mol. The van der Waals surface area contributed by atoms with Crippen LogP contribution in [0.1, 0.15) is 21.7 Å². The molecule has 1 heterocycles. The number of carbonyl (C=O) groups is 1. The number of hydrogen-bond acceptors (Lipinski definition) is 3. The first-order chi connectivity index (χ1) is 8.16. The van der Waals surface area contributed by atoms with Gasteiger partial charge in [0.2, 0.25) is 0 Å². The van der Waals surface area contributed by atoms with E-state index < -0.39 is 5.97 Å². The van der Waals surface area contributed by atoms with Crippen LogP contribution in [0.5, 0.6) is 0 Å². The number of aromatic nitrogens is 2. The molecule has 0 radical (unpaired) electrons. The average molecular weight is 231 g/mol. The van der Waals surface area contributed by atoms with E-state index in [-0.39, 0.29) is 5.56 Å². The molecule has 17 heavy (non-hydrogen) atoms. The molecule has 0 unspecified atom stereocenters. The summed E-state index contributed by atoms with van der Waals surface area (Å²) in [7, 11) is 0. The number of aryl methyl sites for hydroxylation is 1. The van der Waals surface area contributed by atoms with Crippen LogP contribution in [0.25, 0.3) is 0 Å². The molecule has 0 aliphatic carbocycles. The van der Waals surface area contributed by atoms with Gasteiger partial charge in [-0.05, 0) is 25.1 Å². The Bertz CT molecular complexity index is 534. The maximum atomic E-state index is 10.8. The second-order valence-corrected chi connectivity index (χ2v) is 3.71. The van der Waals surface area contributed by atoms with Crippen LogP contribution in [-0.4, -0.2) is 21.0 Å². The van der Waals surface area contributed by atoms with Crippen molar-refractivity contribution in [2.75, 3.05) is 5.32 Å². The van der Waals surface area contributed by atoms with Crippen molar-refractivity contribution in [1.29, 1.82) is 0 Å². The fourth-order valence-corrected chi connectivity index (χ4v) is 1.51. The minimum Gasteiger partial charge on any atom is -0.478 e. The predicted octanol–water partition coefficient (Wildman–Crippen LogP) is 2.03.